The van der Waals surface area contributed by atoms with Gasteiger partial charge in [0, 0.05) is 20.5 Å². The molecule has 0 saturated heterocycles. The minimum Gasteiger partial charge on any atom is -0.460 e. The Hall–Kier alpha value is -2.83. The van der Waals surface area contributed by atoms with Gasteiger partial charge in [-0.3, -0.25) is 14.5 Å². The molecule has 7 nitrogen and oxygen atoms in total. The number of esters is 1. The van der Waals surface area contributed by atoms with Crippen molar-refractivity contribution in [2.45, 2.75) is 38.8 Å². The second-order valence-electron chi connectivity index (χ2n) is 7.46. The molecule has 0 saturated carbocycles. The summed E-state index contributed by atoms with van der Waals surface area (Å²) in [7, 11) is 3.02. The van der Waals surface area contributed by atoms with Gasteiger partial charge in [-0.1, -0.05) is 43.0 Å². The molecule has 0 radical (unpaired) electrons. The molecule has 0 spiro atoms. The summed E-state index contributed by atoms with van der Waals surface area (Å²) in [4.78, 5) is 39.9. The Bertz CT molecular complexity index is 682. The van der Waals surface area contributed by atoms with Gasteiger partial charge in [-0.05, 0) is 26.3 Å². The van der Waals surface area contributed by atoms with Crippen LogP contribution in [0.25, 0.3) is 0 Å². The van der Waals surface area contributed by atoms with E-state index in [2.05, 4.69) is 6.58 Å². The quantitative estimate of drug-likeness (QED) is 0.504. The predicted octanol–water partition coefficient (Wildman–Crippen LogP) is 2.65. The Morgan fingerprint density at radius 3 is 2.29 bits per heavy atom. The lowest BCUT2D eigenvalue weighted by Gasteiger charge is -2.32. The number of carbonyl (C=O) groups is 3. The Labute approximate surface area is 166 Å². The van der Waals surface area contributed by atoms with Crippen molar-refractivity contribution >= 4 is 18.0 Å². The van der Waals surface area contributed by atoms with Crippen LogP contribution in [0.1, 0.15) is 26.3 Å². The van der Waals surface area contributed by atoms with Gasteiger partial charge in [0.25, 0.3) is 0 Å². The Morgan fingerprint density at radius 1 is 1.14 bits per heavy atom. The van der Waals surface area contributed by atoms with E-state index in [9.17, 15) is 14.4 Å². The van der Waals surface area contributed by atoms with Crippen LogP contribution < -0.4 is 0 Å². The van der Waals surface area contributed by atoms with Gasteiger partial charge in [-0.15, -0.1) is 0 Å². The maximum absolute atomic E-state index is 13.0. The zero-order valence-corrected chi connectivity index (χ0v) is 17.3. The summed E-state index contributed by atoms with van der Waals surface area (Å²) in [5.74, 6) is -0.929. The van der Waals surface area contributed by atoms with Crippen LogP contribution in [-0.4, -0.2) is 66.7 Å². The van der Waals surface area contributed by atoms with Crippen LogP contribution in [0.3, 0.4) is 0 Å². The molecular formula is C21H30N2O5. The predicted molar refractivity (Wildman–Crippen MR) is 107 cm³/mol. The highest BCUT2D eigenvalue weighted by Gasteiger charge is 2.32. The summed E-state index contributed by atoms with van der Waals surface area (Å²) < 4.78 is 10.3. The minimum absolute atomic E-state index is 0.0755. The highest BCUT2D eigenvalue weighted by atomic mass is 16.6. The van der Waals surface area contributed by atoms with E-state index in [1.54, 1.807) is 20.8 Å². The van der Waals surface area contributed by atoms with Gasteiger partial charge >= 0.3 is 12.1 Å². The van der Waals surface area contributed by atoms with Crippen LogP contribution in [0.5, 0.6) is 0 Å². The first-order chi connectivity index (χ1) is 13.0. The topological polar surface area (TPSA) is 76.2 Å². The second-order valence-corrected chi connectivity index (χ2v) is 7.46. The van der Waals surface area contributed by atoms with E-state index in [1.165, 1.54) is 30.0 Å². The molecule has 0 aliphatic carbocycles. The highest BCUT2D eigenvalue weighted by molar-refractivity contribution is 5.88. The molecule has 1 aromatic rings. The Morgan fingerprint density at radius 2 is 1.75 bits per heavy atom. The van der Waals surface area contributed by atoms with E-state index in [-0.39, 0.29) is 19.1 Å². The van der Waals surface area contributed by atoms with Crippen LogP contribution in [0, 0.1) is 0 Å². The summed E-state index contributed by atoms with van der Waals surface area (Å²) in [5, 5.41) is 0. The smallest absolute Gasteiger partial charge is 0.410 e. The molecule has 0 unspecified atom stereocenters. The first-order valence-corrected chi connectivity index (χ1v) is 9.06. The third-order valence-corrected chi connectivity index (χ3v) is 3.81. The molecule has 0 aromatic heterocycles. The molecule has 7 heteroatoms. The van der Waals surface area contributed by atoms with E-state index in [1.807, 2.05) is 30.3 Å². The average molecular weight is 390 g/mol. The molecule has 1 aromatic carbocycles. The fraction of sp³-hybridized carbons (Fsp3) is 0.476. The molecule has 28 heavy (non-hydrogen) atoms. The van der Waals surface area contributed by atoms with Crippen LogP contribution in [0.15, 0.2) is 43.0 Å². The summed E-state index contributed by atoms with van der Waals surface area (Å²) in [6, 6.07) is 8.53. The lowest BCUT2D eigenvalue weighted by molar-refractivity contribution is -0.149. The summed E-state index contributed by atoms with van der Waals surface area (Å²) >= 11 is 0. The largest absolute Gasteiger partial charge is 0.460 e. The third-order valence-electron chi connectivity index (χ3n) is 3.81. The normalized spacial score (nSPS) is 11.9. The lowest BCUT2D eigenvalue weighted by Crippen LogP contribution is -2.51. The number of likely N-dealkylation sites (N-methyl/N-ethyl adjacent to an activating group) is 2. The number of hydrogen-bond acceptors (Lipinski definition) is 5. The summed E-state index contributed by atoms with van der Waals surface area (Å²) in [6.07, 6.45) is 1.14. The van der Waals surface area contributed by atoms with Crippen molar-refractivity contribution in [3.05, 3.63) is 48.6 Å². The zero-order chi connectivity index (χ0) is 21.3. The SMILES string of the molecule is C=CCOC(=O)CN(C)C(=O)[C@@H](Cc1ccccc1)N(C)C(=O)OC(C)(C)C. The van der Waals surface area contributed by atoms with Gasteiger partial charge in [-0.25, -0.2) is 4.79 Å². The van der Waals surface area contributed by atoms with Gasteiger partial charge in [0.05, 0.1) is 0 Å². The van der Waals surface area contributed by atoms with Gasteiger partial charge in [0.2, 0.25) is 5.91 Å². The molecular weight excluding hydrogens is 360 g/mol. The molecule has 0 N–H and O–H groups in total. The van der Waals surface area contributed by atoms with Crippen molar-refractivity contribution in [1.29, 1.82) is 0 Å². The van der Waals surface area contributed by atoms with E-state index in [0.717, 1.165) is 5.56 Å². The van der Waals surface area contributed by atoms with E-state index in [0.29, 0.717) is 6.42 Å². The third kappa shape index (κ3) is 7.82. The first-order valence-electron chi connectivity index (χ1n) is 9.06. The summed E-state index contributed by atoms with van der Waals surface area (Å²) in [6.45, 7) is 8.61. The number of carbonyl (C=O) groups excluding carboxylic acids is 3. The molecule has 0 aliphatic heterocycles. The second kappa shape index (κ2) is 10.5. The maximum atomic E-state index is 13.0. The number of rotatable bonds is 8. The standard InChI is InChI=1S/C21H30N2O5/c1-7-13-27-18(24)15-22(5)19(25)17(14-16-11-9-8-10-12-16)23(6)20(26)28-21(2,3)4/h7-12,17H,1,13-15H2,2-6H3/t17-/m1/s1. The lowest BCUT2D eigenvalue weighted by atomic mass is 10.0. The van der Waals surface area contributed by atoms with Crippen molar-refractivity contribution in [3.8, 4) is 0 Å². The van der Waals surface area contributed by atoms with Gasteiger partial charge in [-0.2, -0.15) is 0 Å². The van der Waals surface area contributed by atoms with Crippen molar-refractivity contribution in [1.82, 2.24) is 9.80 Å². The fourth-order valence-corrected chi connectivity index (χ4v) is 2.41. The van der Waals surface area contributed by atoms with Gasteiger partial charge in [0.15, 0.2) is 0 Å². The van der Waals surface area contributed by atoms with E-state index >= 15 is 0 Å². The number of amides is 2. The average Bonchev–Trinajstić information content (AvgIpc) is 2.62. The van der Waals surface area contributed by atoms with Crippen molar-refractivity contribution < 1.29 is 23.9 Å². The molecule has 2 amide bonds. The molecule has 1 atom stereocenters. The van der Waals surface area contributed by atoms with Crippen molar-refractivity contribution in [2.75, 3.05) is 27.2 Å². The molecule has 0 fully saturated rings. The first kappa shape index (κ1) is 23.2. The number of nitrogens with zero attached hydrogens (tertiary/aromatic N) is 2. The molecule has 1 rings (SSSR count). The van der Waals surface area contributed by atoms with Gasteiger partial charge < -0.3 is 14.4 Å². The van der Waals surface area contributed by atoms with Crippen LogP contribution in [0.2, 0.25) is 0 Å². The van der Waals surface area contributed by atoms with Crippen LogP contribution >= 0.6 is 0 Å². The molecule has 0 aliphatic rings. The van der Waals surface area contributed by atoms with Crippen molar-refractivity contribution in [2.24, 2.45) is 0 Å². The van der Waals surface area contributed by atoms with Crippen LogP contribution in [-0.2, 0) is 25.5 Å². The fourth-order valence-electron chi connectivity index (χ4n) is 2.41. The number of benzene rings is 1. The zero-order valence-electron chi connectivity index (χ0n) is 17.3. The molecule has 0 bridgehead atoms. The molecule has 154 valence electrons. The number of hydrogen-bond donors (Lipinski definition) is 0. The van der Waals surface area contributed by atoms with Gasteiger partial charge in [0.1, 0.15) is 24.8 Å². The van der Waals surface area contributed by atoms with E-state index in [4.69, 9.17) is 9.47 Å². The minimum atomic E-state index is -0.825. The Kier molecular flexibility index (Phi) is 8.70. The monoisotopic (exact) mass is 390 g/mol. The maximum Gasteiger partial charge on any atom is 0.410 e. The Balaban J connectivity index is 2.98. The highest BCUT2D eigenvalue weighted by Crippen LogP contribution is 2.15. The summed E-state index contributed by atoms with van der Waals surface area (Å²) in [5.41, 5.74) is 0.199. The molecule has 0 heterocycles. The van der Waals surface area contributed by atoms with Crippen molar-refractivity contribution in [3.63, 3.8) is 0 Å². The van der Waals surface area contributed by atoms with E-state index < -0.39 is 23.7 Å². The van der Waals surface area contributed by atoms with Crippen LogP contribution in [0.4, 0.5) is 4.79 Å². The number of ether oxygens (including phenoxy) is 2.